The number of aromatic amines is 1. The van der Waals surface area contributed by atoms with Gasteiger partial charge in [0.2, 0.25) is 11.6 Å². The molecule has 0 amide bonds. The lowest BCUT2D eigenvalue weighted by molar-refractivity contribution is -0.140. The number of nitrogens with one attached hydrogen (secondary N) is 2. The molecule has 1 aromatic heterocycles. The standard InChI is InChI=1S/C21H16F6N2O4S/c1-9-6-14(30)20(34(3,28)31)18(29-9)10-7-13(23)11(21(25,26)27)8-16(10)33-15-5-4-12(22)17(24)19(15)32-2/h4-8,28H,1-3H3,(H,29,30). The molecular formula is C21H16F6N2O4S. The molecule has 0 spiro atoms. The molecule has 0 aliphatic heterocycles. The Morgan fingerprint density at radius 1 is 1.03 bits per heavy atom. The van der Waals surface area contributed by atoms with E-state index < -0.39 is 77.8 Å². The van der Waals surface area contributed by atoms with Crippen molar-refractivity contribution in [3.63, 3.8) is 0 Å². The Bertz CT molecular complexity index is 1450. The number of ether oxygens (including phenoxy) is 2. The highest BCUT2D eigenvalue weighted by atomic mass is 32.2. The van der Waals surface area contributed by atoms with Crippen LogP contribution in [0.5, 0.6) is 17.2 Å². The van der Waals surface area contributed by atoms with Gasteiger partial charge in [-0.3, -0.25) is 4.79 Å². The molecule has 0 saturated carbocycles. The number of aryl methyl sites for hydroxylation is 1. The smallest absolute Gasteiger partial charge is 0.419 e. The number of hydrogen-bond acceptors (Lipinski definition) is 5. The van der Waals surface area contributed by atoms with Gasteiger partial charge < -0.3 is 14.5 Å². The molecule has 1 atom stereocenters. The predicted molar refractivity (Wildman–Crippen MR) is 110 cm³/mol. The fraction of sp³-hybridized carbons (Fsp3) is 0.190. The van der Waals surface area contributed by atoms with Crippen LogP contribution < -0.4 is 14.9 Å². The van der Waals surface area contributed by atoms with Crippen LogP contribution in [0.3, 0.4) is 0 Å². The van der Waals surface area contributed by atoms with Crippen molar-refractivity contribution in [3.8, 4) is 28.5 Å². The van der Waals surface area contributed by atoms with E-state index >= 15 is 0 Å². The monoisotopic (exact) mass is 506 g/mol. The molecule has 3 rings (SSSR count). The normalized spacial score (nSPS) is 13.4. The minimum absolute atomic E-state index is 0.157. The summed E-state index contributed by atoms with van der Waals surface area (Å²) >= 11 is 0. The van der Waals surface area contributed by atoms with Gasteiger partial charge in [0.25, 0.3) is 0 Å². The number of methoxy groups -OCH3 is 1. The summed E-state index contributed by atoms with van der Waals surface area (Å²) in [6.45, 7) is 1.40. The highest BCUT2D eigenvalue weighted by Crippen LogP contribution is 2.43. The largest absolute Gasteiger partial charge is 0.490 e. The summed E-state index contributed by atoms with van der Waals surface area (Å²) in [5.74, 6) is -6.70. The lowest BCUT2D eigenvalue weighted by Gasteiger charge is -2.19. The lowest BCUT2D eigenvalue weighted by Crippen LogP contribution is -2.17. The van der Waals surface area contributed by atoms with Gasteiger partial charge in [-0.05, 0) is 31.2 Å². The van der Waals surface area contributed by atoms with E-state index in [1.807, 2.05) is 0 Å². The highest BCUT2D eigenvalue weighted by Gasteiger charge is 2.36. The Morgan fingerprint density at radius 2 is 1.68 bits per heavy atom. The zero-order valence-corrected chi connectivity index (χ0v) is 18.5. The number of H-pyrrole nitrogens is 1. The first-order valence-electron chi connectivity index (χ1n) is 9.23. The maximum absolute atomic E-state index is 14.5. The van der Waals surface area contributed by atoms with Crippen LogP contribution in [0.25, 0.3) is 11.3 Å². The van der Waals surface area contributed by atoms with Crippen LogP contribution in [0, 0.1) is 29.2 Å². The Labute approximate surface area is 189 Å². The van der Waals surface area contributed by atoms with E-state index in [-0.39, 0.29) is 11.8 Å². The predicted octanol–water partition coefficient (Wildman–Crippen LogP) is 5.62. The Hall–Kier alpha value is -3.48. The summed E-state index contributed by atoms with van der Waals surface area (Å²) in [4.78, 5) is 14.5. The van der Waals surface area contributed by atoms with E-state index in [2.05, 4.69) is 4.98 Å². The SMILES string of the molecule is COc1c(Oc2cc(C(F)(F)F)c(F)cc2-c2[nH]c(C)cc(=O)c2S(C)(=N)=O)ccc(F)c1F. The molecule has 0 fully saturated rings. The van der Waals surface area contributed by atoms with Crippen LogP contribution in [0.2, 0.25) is 0 Å². The highest BCUT2D eigenvalue weighted by molar-refractivity contribution is 7.91. The van der Waals surface area contributed by atoms with E-state index in [4.69, 9.17) is 14.3 Å². The zero-order valence-electron chi connectivity index (χ0n) is 17.7. The molecule has 13 heteroatoms. The molecule has 182 valence electrons. The van der Waals surface area contributed by atoms with Crippen molar-refractivity contribution in [2.45, 2.75) is 18.0 Å². The minimum Gasteiger partial charge on any atom is -0.490 e. The zero-order chi connectivity index (χ0) is 25.6. The summed E-state index contributed by atoms with van der Waals surface area (Å²) in [7, 11) is -2.82. The third-order valence-corrected chi connectivity index (χ3v) is 5.78. The average molecular weight is 506 g/mol. The maximum atomic E-state index is 14.5. The molecule has 0 aliphatic carbocycles. The summed E-state index contributed by atoms with van der Waals surface area (Å²) < 4.78 is 113. The van der Waals surface area contributed by atoms with Crippen molar-refractivity contribution in [2.24, 2.45) is 0 Å². The quantitative estimate of drug-likeness (QED) is 0.439. The summed E-state index contributed by atoms with van der Waals surface area (Å²) in [5.41, 5.74) is -3.44. The van der Waals surface area contributed by atoms with Crippen LogP contribution in [0.1, 0.15) is 11.3 Å². The third kappa shape index (κ3) is 4.74. The summed E-state index contributed by atoms with van der Waals surface area (Å²) in [6, 6.07) is 3.13. The number of aromatic nitrogens is 1. The molecule has 1 unspecified atom stereocenters. The molecule has 0 radical (unpaired) electrons. The van der Waals surface area contributed by atoms with Crippen LogP contribution in [-0.2, 0) is 15.9 Å². The fourth-order valence-electron chi connectivity index (χ4n) is 3.21. The van der Waals surface area contributed by atoms with Crippen molar-refractivity contribution in [1.29, 1.82) is 4.78 Å². The maximum Gasteiger partial charge on any atom is 0.419 e. The Balaban J connectivity index is 2.41. The average Bonchev–Trinajstić information content (AvgIpc) is 2.69. The second kappa shape index (κ2) is 8.70. The van der Waals surface area contributed by atoms with Crippen molar-refractivity contribution in [3.05, 3.63) is 69.3 Å². The third-order valence-electron chi connectivity index (χ3n) is 4.59. The van der Waals surface area contributed by atoms with E-state index in [9.17, 15) is 35.3 Å². The molecule has 1 heterocycles. The fourth-order valence-corrected chi connectivity index (χ4v) is 4.20. The molecular weight excluding hydrogens is 490 g/mol. The number of halogens is 6. The number of pyridine rings is 1. The van der Waals surface area contributed by atoms with Gasteiger partial charge in [0, 0.05) is 23.6 Å². The first-order valence-corrected chi connectivity index (χ1v) is 11.2. The molecule has 34 heavy (non-hydrogen) atoms. The van der Waals surface area contributed by atoms with Gasteiger partial charge in [0.05, 0.1) is 28.1 Å². The number of hydrogen-bond donors (Lipinski definition) is 2. The van der Waals surface area contributed by atoms with E-state index in [1.54, 1.807) is 0 Å². The number of rotatable bonds is 5. The molecule has 0 bridgehead atoms. The summed E-state index contributed by atoms with van der Waals surface area (Å²) in [5, 5.41) is 0. The second-order valence-electron chi connectivity index (χ2n) is 7.19. The van der Waals surface area contributed by atoms with Gasteiger partial charge >= 0.3 is 6.18 Å². The topological polar surface area (TPSA) is 92.2 Å². The molecule has 2 aromatic carbocycles. The van der Waals surface area contributed by atoms with Crippen molar-refractivity contribution < 1.29 is 40.0 Å². The van der Waals surface area contributed by atoms with Gasteiger partial charge in [-0.1, -0.05) is 0 Å². The van der Waals surface area contributed by atoms with Gasteiger partial charge in [0.1, 0.15) is 16.5 Å². The Morgan fingerprint density at radius 3 is 2.24 bits per heavy atom. The van der Waals surface area contributed by atoms with Crippen molar-refractivity contribution >= 4 is 9.73 Å². The van der Waals surface area contributed by atoms with Gasteiger partial charge in [0.15, 0.2) is 17.0 Å². The molecule has 0 saturated heterocycles. The van der Waals surface area contributed by atoms with Crippen LogP contribution in [0.15, 0.2) is 40.0 Å². The number of alkyl halides is 3. The van der Waals surface area contributed by atoms with Gasteiger partial charge in [-0.25, -0.2) is 17.8 Å². The Kier molecular flexibility index (Phi) is 6.44. The van der Waals surface area contributed by atoms with Gasteiger partial charge in [-0.15, -0.1) is 0 Å². The van der Waals surface area contributed by atoms with Crippen molar-refractivity contribution in [2.75, 3.05) is 13.4 Å². The van der Waals surface area contributed by atoms with E-state index in [0.29, 0.717) is 12.1 Å². The van der Waals surface area contributed by atoms with Crippen LogP contribution in [0.4, 0.5) is 26.3 Å². The summed E-state index contributed by atoms with van der Waals surface area (Å²) in [6.07, 6.45) is -4.27. The molecule has 3 aromatic rings. The second-order valence-corrected chi connectivity index (χ2v) is 9.28. The van der Waals surface area contributed by atoms with Crippen LogP contribution in [-0.4, -0.2) is 22.6 Å². The number of benzene rings is 2. The van der Waals surface area contributed by atoms with E-state index in [1.165, 1.54) is 6.92 Å². The first-order chi connectivity index (χ1) is 15.6. The first kappa shape index (κ1) is 25.1. The molecule has 2 N–H and O–H groups in total. The van der Waals surface area contributed by atoms with Crippen LogP contribution >= 0.6 is 0 Å². The minimum atomic E-state index is -5.17. The van der Waals surface area contributed by atoms with E-state index in [0.717, 1.165) is 25.5 Å². The molecule has 0 aliphatic rings. The van der Waals surface area contributed by atoms with Gasteiger partial charge in [-0.2, -0.15) is 17.6 Å². The molecule has 6 nitrogen and oxygen atoms in total. The lowest BCUT2D eigenvalue weighted by atomic mass is 10.0. The van der Waals surface area contributed by atoms with Crippen molar-refractivity contribution in [1.82, 2.24) is 4.98 Å².